The summed E-state index contributed by atoms with van der Waals surface area (Å²) in [6.07, 6.45) is 6.68. The molecule has 0 aliphatic carbocycles. The van der Waals surface area contributed by atoms with Crippen molar-refractivity contribution in [2.75, 3.05) is 31.1 Å². The van der Waals surface area contributed by atoms with Gasteiger partial charge in [0.25, 0.3) is 0 Å². The van der Waals surface area contributed by atoms with Gasteiger partial charge in [0.15, 0.2) is 0 Å². The van der Waals surface area contributed by atoms with Crippen LogP contribution in [0.5, 0.6) is 0 Å². The van der Waals surface area contributed by atoms with E-state index in [1.54, 1.807) is 24.7 Å². The average Bonchev–Trinajstić information content (AvgIpc) is 3.09. The van der Waals surface area contributed by atoms with Crippen LogP contribution in [0.1, 0.15) is 16.8 Å². The number of hydrogen-bond donors (Lipinski definition) is 1. The van der Waals surface area contributed by atoms with Gasteiger partial charge in [-0.15, -0.1) is 0 Å². The van der Waals surface area contributed by atoms with Gasteiger partial charge in [-0.05, 0) is 37.1 Å². The molecule has 0 spiro atoms. The summed E-state index contributed by atoms with van der Waals surface area (Å²) in [5, 5.41) is 0. The van der Waals surface area contributed by atoms with E-state index in [0.717, 1.165) is 31.9 Å². The molecule has 120 valence electrons. The van der Waals surface area contributed by atoms with E-state index in [9.17, 15) is 4.79 Å². The van der Waals surface area contributed by atoms with Gasteiger partial charge in [-0.1, -0.05) is 12.1 Å². The molecule has 5 heteroatoms. The first kappa shape index (κ1) is 15.3. The third-order valence-electron chi connectivity index (χ3n) is 4.43. The summed E-state index contributed by atoms with van der Waals surface area (Å²) in [4.78, 5) is 23.4. The standard InChI is InChI=1S/C18H22N4O/c1-14-4-3-5-17(15(14)2)21-8-10-22(11-9-21)18(23)7-6-16-12-19-13-20-16/h3-7,12-13H,8-11H2,1-2H3,(H,19,20)/b7-6+. The quantitative estimate of drug-likeness (QED) is 0.886. The molecule has 1 fully saturated rings. The third kappa shape index (κ3) is 3.44. The van der Waals surface area contributed by atoms with E-state index in [2.05, 4.69) is 46.9 Å². The van der Waals surface area contributed by atoms with Crippen LogP contribution in [0.3, 0.4) is 0 Å². The molecule has 2 aromatic rings. The summed E-state index contributed by atoms with van der Waals surface area (Å²) >= 11 is 0. The van der Waals surface area contributed by atoms with Crippen LogP contribution in [-0.2, 0) is 4.79 Å². The largest absolute Gasteiger partial charge is 0.368 e. The lowest BCUT2D eigenvalue weighted by Crippen LogP contribution is -2.48. The number of rotatable bonds is 3. The Hall–Kier alpha value is -2.56. The lowest BCUT2D eigenvalue weighted by Gasteiger charge is -2.36. The lowest BCUT2D eigenvalue weighted by molar-refractivity contribution is -0.126. The number of nitrogens with zero attached hydrogens (tertiary/aromatic N) is 3. The van der Waals surface area contributed by atoms with E-state index in [1.807, 2.05) is 4.90 Å². The van der Waals surface area contributed by atoms with Crippen molar-refractivity contribution >= 4 is 17.7 Å². The molecule has 0 radical (unpaired) electrons. The molecule has 1 aromatic heterocycles. The number of H-pyrrole nitrogens is 1. The van der Waals surface area contributed by atoms with E-state index >= 15 is 0 Å². The van der Waals surface area contributed by atoms with Gasteiger partial charge in [0.05, 0.1) is 18.2 Å². The van der Waals surface area contributed by atoms with Crippen LogP contribution < -0.4 is 4.90 Å². The second kappa shape index (κ2) is 6.69. The minimum absolute atomic E-state index is 0.0558. The van der Waals surface area contributed by atoms with E-state index in [4.69, 9.17) is 0 Å². The molecule has 23 heavy (non-hydrogen) atoms. The number of aromatic nitrogens is 2. The molecule has 0 bridgehead atoms. The smallest absolute Gasteiger partial charge is 0.246 e. The van der Waals surface area contributed by atoms with Crippen LogP contribution in [0.25, 0.3) is 6.08 Å². The lowest BCUT2D eigenvalue weighted by atomic mass is 10.1. The van der Waals surface area contributed by atoms with Crippen molar-refractivity contribution in [1.29, 1.82) is 0 Å². The first-order chi connectivity index (χ1) is 11.1. The molecule has 5 nitrogen and oxygen atoms in total. The molecular weight excluding hydrogens is 288 g/mol. The van der Waals surface area contributed by atoms with E-state index in [0.29, 0.717) is 0 Å². The van der Waals surface area contributed by atoms with Gasteiger partial charge in [-0.3, -0.25) is 4.79 Å². The maximum Gasteiger partial charge on any atom is 0.246 e. The first-order valence-electron chi connectivity index (χ1n) is 7.91. The van der Waals surface area contributed by atoms with Crippen molar-refractivity contribution in [3.05, 3.63) is 53.6 Å². The highest BCUT2D eigenvalue weighted by atomic mass is 16.2. The topological polar surface area (TPSA) is 52.2 Å². The van der Waals surface area contributed by atoms with Crippen molar-refractivity contribution < 1.29 is 4.79 Å². The first-order valence-corrected chi connectivity index (χ1v) is 7.91. The predicted molar refractivity (Wildman–Crippen MR) is 92.3 cm³/mol. The summed E-state index contributed by atoms with van der Waals surface area (Å²) < 4.78 is 0. The fraction of sp³-hybridized carbons (Fsp3) is 0.333. The molecule has 0 atom stereocenters. The predicted octanol–water partition coefficient (Wildman–Crippen LogP) is 2.39. The zero-order valence-corrected chi connectivity index (χ0v) is 13.6. The summed E-state index contributed by atoms with van der Waals surface area (Å²) in [7, 11) is 0. The fourth-order valence-electron chi connectivity index (χ4n) is 2.87. The minimum Gasteiger partial charge on any atom is -0.368 e. The Labute approximate surface area is 136 Å². The second-order valence-corrected chi connectivity index (χ2v) is 5.87. The molecule has 1 aliphatic heterocycles. The van der Waals surface area contributed by atoms with Crippen molar-refractivity contribution in [3.8, 4) is 0 Å². The molecule has 1 N–H and O–H groups in total. The number of aryl methyl sites for hydroxylation is 1. The van der Waals surface area contributed by atoms with Crippen molar-refractivity contribution in [2.24, 2.45) is 0 Å². The van der Waals surface area contributed by atoms with Gasteiger partial charge < -0.3 is 14.8 Å². The Morgan fingerprint density at radius 1 is 1.22 bits per heavy atom. The highest BCUT2D eigenvalue weighted by Crippen LogP contribution is 2.23. The van der Waals surface area contributed by atoms with Crippen molar-refractivity contribution in [3.63, 3.8) is 0 Å². The zero-order chi connectivity index (χ0) is 16.2. The van der Waals surface area contributed by atoms with Gasteiger partial charge in [0.2, 0.25) is 5.91 Å². The third-order valence-corrected chi connectivity index (χ3v) is 4.43. The Morgan fingerprint density at radius 3 is 2.70 bits per heavy atom. The summed E-state index contributed by atoms with van der Waals surface area (Å²) in [5.74, 6) is 0.0558. The van der Waals surface area contributed by atoms with E-state index < -0.39 is 0 Å². The number of anilines is 1. The van der Waals surface area contributed by atoms with E-state index in [-0.39, 0.29) is 5.91 Å². The molecule has 1 aliphatic rings. The van der Waals surface area contributed by atoms with Crippen LogP contribution in [-0.4, -0.2) is 47.0 Å². The number of amides is 1. The maximum atomic E-state index is 12.2. The molecule has 0 saturated carbocycles. The molecule has 2 heterocycles. The Balaban J connectivity index is 1.60. The van der Waals surface area contributed by atoms with Crippen LogP contribution in [0.15, 0.2) is 36.8 Å². The van der Waals surface area contributed by atoms with Gasteiger partial charge in [0, 0.05) is 37.9 Å². The van der Waals surface area contributed by atoms with Gasteiger partial charge in [-0.25, -0.2) is 4.98 Å². The second-order valence-electron chi connectivity index (χ2n) is 5.87. The Kier molecular flexibility index (Phi) is 4.46. The number of piperazine rings is 1. The van der Waals surface area contributed by atoms with E-state index in [1.165, 1.54) is 16.8 Å². The zero-order valence-electron chi connectivity index (χ0n) is 13.6. The minimum atomic E-state index is 0.0558. The summed E-state index contributed by atoms with van der Waals surface area (Å²) in [5.41, 5.74) is 4.76. The number of imidazole rings is 1. The number of hydrogen-bond acceptors (Lipinski definition) is 3. The average molecular weight is 310 g/mol. The molecule has 1 saturated heterocycles. The van der Waals surface area contributed by atoms with Crippen LogP contribution in [0.2, 0.25) is 0 Å². The Morgan fingerprint density at radius 2 is 2.00 bits per heavy atom. The molecule has 1 amide bonds. The highest BCUT2D eigenvalue weighted by molar-refractivity contribution is 5.91. The molecule has 3 rings (SSSR count). The van der Waals surface area contributed by atoms with Crippen LogP contribution in [0.4, 0.5) is 5.69 Å². The summed E-state index contributed by atoms with van der Waals surface area (Å²) in [6, 6.07) is 6.40. The van der Waals surface area contributed by atoms with Crippen LogP contribution in [0, 0.1) is 13.8 Å². The summed E-state index contributed by atoms with van der Waals surface area (Å²) in [6.45, 7) is 7.54. The van der Waals surface area contributed by atoms with Crippen molar-refractivity contribution in [1.82, 2.24) is 14.9 Å². The highest BCUT2D eigenvalue weighted by Gasteiger charge is 2.20. The number of carbonyl (C=O) groups excluding carboxylic acids is 1. The van der Waals surface area contributed by atoms with Gasteiger partial charge in [-0.2, -0.15) is 0 Å². The Bertz CT molecular complexity index is 698. The van der Waals surface area contributed by atoms with Crippen molar-refractivity contribution in [2.45, 2.75) is 13.8 Å². The number of carbonyl (C=O) groups is 1. The monoisotopic (exact) mass is 310 g/mol. The number of aromatic amines is 1. The molecule has 1 aromatic carbocycles. The number of nitrogens with one attached hydrogen (secondary N) is 1. The molecular formula is C18H22N4O. The number of benzene rings is 1. The van der Waals surface area contributed by atoms with Crippen LogP contribution >= 0.6 is 0 Å². The SMILES string of the molecule is Cc1cccc(N2CCN(C(=O)/C=C/c3cnc[nH]3)CC2)c1C. The van der Waals surface area contributed by atoms with Gasteiger partial charge >= 0.3 is 0 Å². The van der Waals surface area contributed by atoms with Gasteiger partial charge in [0.1, 0.15) is 0 Å². The fourth-order valence-corrected chi connectivity index (χ4v) is 2.87. The molecule has 0 unspecified atom stereocenters. The normalized spacial score (nSPS) is 15.4. The maximum absolute atomic E-state index is 12.2.